The van der Waals surface area contributed by atoms with Crippen molar-refractivity contribution in [2.45, 2.75) is 52.4 Å². The molecule has 0 bridgehead atoms. The van der Waals surface area contributed by atoms with Gasteiger partial charge in [0, 0.05) is 18.1 Å². The smallest absolute Gasteiger partial charge is 0.198 e. The van der Waals surface area contributed by atoms with Crippen LogP contribution in [0.4, 0.5) is 0 Å². The van der Waals surface area contributed by atoms with E-state index < -0.39 is 0 Å². The summed E-state index contributed by atoms with van der Waals surface area (Å²) in [5.41, 5.74) is 10.8. The molecule has 1 fully saturated rings. The van der Waals surface area contributed by atoms with Gasteiger partial charge in [0.1, 0.15) is 7.05 Å². The molecule has 1 saturated carbocycles. The summed E-state index contributed by atoms with van der Waals surface area (Å²) in [5.74, 6) is 0.744. The first kappa shape index (κ1) is 20.0. The Balaban J connectivity index is 1.69. The molecule has 3 aromatic carbocycles. The average molecular weight is 407 g/mol. The normalized spacial score (nSPS) is 14.5. The zero-order chi connectivity index (χ0) is 21.5. The van der Waals surface area contributed by atoms with Gasteiger partial charge in [-0.2, -0.15) is 4.57 Å². The predicted molar refractivity (Wildman–Crippen MR) is 131 cm³/mol. The lowest BCUT2D eigenvalue weighted by Gasteiger charge is -2.16. The van der Waals surface area contributed by atoms with Crippen LogP contribution >= 0.6 is 0 Å². The summed E-state index contributed by atoms with van der Waals surface area (Å²) in [6.07, 6.45) is 5.44. The molecule has 0 saturated heterocycles. The molecule has 0 spiro atoms. The Hall–Kier alpha value is -2.93. The minimum Gasteiger partial charge on any atom is -0.198 e. The minimum absolute atomic E-state index is 0.744. The molecule has 1 aliphatic rings. The van der Waals surface area contributed by atoms with Gasteiger partial charge in [0.15, 0.2) is 5.69 Å². The third-order valence-electron chi connectivity index (χ3n) is 7.50. The molecule has 0 N–H and O–H groups in total. The maximum atomic E-state index is 2.49. The predicted octanol–water partition coefficient (Wildman–Crippen LogP) is 7.58. The number of benzene rings is 3. The van der Waals surface area contributed by atoms with Gasteiger partial charge in [0.2, 0.25) is 5.69 Å². The van der Waals surface area contributed by atoms with E-state index >= 15 is 0 Å². The fourth-order valence-corrected chi connectivity index (χ4v) is 5.45. The molecule has 156 valence electrons. The molecule has 0 aliphatic heterocycles. The van der Waals surface area contributed by atoms with Crippen LogP contribution in [0.3, 0.4) is 0 Å². The summed E-state index contributed by atoms with van der Waals surface area (Å²) < 4.78 is 2.39. The van der Waals surface area contributed by atoms with Crippen molar-refractivity contribution in [2.75, 3.05) is 0 Å². The number of hydrogen-bond donors (Lipinski definition) is 0. The van der Waals surface area contributed by atoms with E-state index in [1.807, 2.05) is 0 Å². The number of fused-ring (bicyclic) bond motifs is 1. The number of aryl methyl sites for hydroxylation is 2. The summed E-state index contributed by atoms with van der Waals surface area (Å²) in [5, 5.41) is 2.78. The molecular formula is C30H32N+. The average Bonchev–Trinajstić information content (AvgIpc) is 3.34. The molecule has 0 amide bonds. The van der Waals surface area contributed by atoms with Gasteiger partial charge in [-0.1, -0.05) is 67.4 Å². The summed E-state index contributed by atoms with van der Waals surface area (Å²) in [6.45, 7) is 6.79. The van der Waals surface area contributed by atoms with E-state index in [1.165, 1.54) is 81.2 Å². The maximum Gasteiger partial charge on any atom is 0.220 e. The van der Waals surface area contributed by atoms with Gasteiger partial charge in [-0.05, 0) is 72.4 Å². The van der Waals surface area contributed by atoms with Crippen LogP contribution in [0.15, 0.2) is 66.7 Å². The van der Waals surface area contributed by atoms with Crippen LogP contribution in [0, 0.1) is 20.8 Å². The lowest BCUT2D eigenvalue weighted by Crippen LogP contribution is -2.36. The molecule has 1 nitrogen and oxygen atoms in total. The highest BCUT2D eigenvalue weighted by atomic mass is 14.9. The Morgan fingerprint density at radius 3 is 2.19 bits per heavy atom. The second-order valence-electron chi connectivity index (χ2n) is 9.30. The Bertz CT molecular complexity index is 1260. The van der Waals surface area contributed by atoms with Gasteiger partial charge >= 0.3 is 0 Å². The Kier molecular flexibility index (Phi) is 5.14. The second kappa shape index (κ2) is 7.96. The molecule has 0 atom stereocenters. The van der Waals surface area contributed by atoms with Gasteiger partial charge in [0.25, 0.3) is 0 Å². The van der Waals surface area contributed by atoms with E-state index in [4.69, 9.17) is 0 Å². The fraction of sp³-hybridized carbons (Fsp3) is 0.300. The molecule has 4 aromatic rings. The first-order chi connectivity index (χ1) is 15.0. The summed E-state index contributed by atoms with van der Waals surface area (Å²) in [7, 11) is 2.21. The zero-order valence-electron chi connectivity index (χ0n) is 19.2. The SMILES string of the molecule is Cc1cc(-c2ccccc2)ccc1-c1c2ccc(C3CCCC3)cc2c(C)c(C)[n+]1C. The monoisotopic (exact) mass is 406 g/mol. The van der Waals surface area contributed by atoms with E-state index in [0.717, 1.165) is 5.92 Å². The van der Waals surface area contributed by atoms with Gasteiger partial charge in [-0.25, -0.2) is 0 Å². The van der Waals surface area contributed by atoms with E-state index in [0.29, 0.717) is 0 Å². The summed E-state index contributed by atoms with van der Waals surface area (Å²) in [6, 6.07) is 24.8. The Morgan fingerprint density at radius 2 is 1.48 bits per heavy atom. The van der Waals surface area contributed by atoms with Crippen LogP contribution in [0.2, 0.25) is 0 Å². The first-order valence-corrected chi connectivity index (χ1v) is 11.6. The molecule has 31 heavy (non-hydrogen) atoms. The van der Waals surface area contributed by atoms with Crippen LogP contribution in [-0.4, -0.2) is 0 Å². The van der Waals surface area contributed by atoms with Crippen LogP contribution < -0.4 is 4.57 Å². The van der Waals surface area contributed by atoms with Crippen molar-refractivity contribution in [1.82, 2.24) is 0 Å². The topological polar surface area (TPSA) is 3.88 Å². The molecule has 1 heterocycles. The highest BCUT2D eigenvalue weighted by molar-refractivity contribution is 5.96. The lowest BCUT2D eigenvalue weighted by atomic mass is 9.90. The van der Waals surface area contributed by atoms with Crippen molar-refractivity contribution in [3.8, 4) is 22.4 Å². The molecule has 1 heteroatoms. The van der Waals surface area contributed by atoms with E-state index in [1.54, 1.807) is 0 Å². The second-order valence-corrected chi connectivity index (χ2v) is 9.30. The van der Waals surface area contributed by atoms with Crippen molar-refractivity contribution < 1.29 is 4.57 Å². The lowest BCUT2D eigenvalue weighted by molar-refractivity contribution is -0.665. The Morgan fingerprint density at radius 1 is 0.742 bits per heavy atom. The number of nitrogens with zero attached hydrogens (tertiary/aromatic N) is 1. The molecule has 5 rings (SSSR count). The largest absolute Gasteiger partial charge is 0.220 e. The van der Waals surface area contributed by atoms with E-state index in [2.05, 4.69) is 99.1 Å². The highest BCUT2D eigenvalue weighted by Gasteiger charge is 2.24. The van der Waals surface area contributed by atoms with Crippen molar-refractivity contribution in [3.63, 3.8) is 0 Å². The first-order valence-electron chi connectivity index (χ1n) is 11.6. The van der Waals surface area contributed by atoms with E-state index in [-0.39, 0.29) is 0 Å². The van der Waals surface area contributed by atoms with Crippen LogP contribution in [0.1, 0.15) is 54.0 Å². The maximum absolute atomic E-state index is 2.49. The third-order valence-corrected chi connectivity index (χ3v) is 7.50. The van der Waals surface area contributed by atoms with Crippen molar-refractivity contribution in [1.29, 1.82) is 0 Å². The van der Waals surface area contributed by atoms with Crippen molar-refractivity contribution in [3.05, 3.63) is 89.1 Å². The van der Waals surface area contributed by atoms with Gasteiger partial charge in [-0.15, -0.1) is 0 Å². The highest BCUT2D eigenvalue weighted by Crippen LogP contribution is 2.38. The molecule has 1 aliphatic carbocycles. The molecule has 0 unspecified atom stereocenters. The number of aromatic nitrogens is 1. The molecular weight excluding hydrogens is 374 g/mol. The van der Waals surface area contributed by atoms with Gasteiger partial charge in [-0.3, -0.25) is 0 Å². The molecule has 0 radical (unpaired) electrons. The van der Waals surface area contributed by atoms with Gasteiger partial charge < -0.3 is 0 Å². The third kappa shape index (κ3) is 3.47. The quantitative estimate of drug-likeness (QED) is 0.309. The van der Waals surface area contributed by atoms with E-state index in [9.17, 15) is 0 Å². The van der Waals surface area contributed by atoms with Crippen LogP contribution in [0.5, 0.6) is 0 Å². The minimum atomic E-state index is 0.744. The van der Waals surface area contributed by atoms with Gasteiger partial charge in [0.05, 0.1) is 5.39 Å². The number of rotatable bonds is 3. The van der Waals surface area contributed by atoms with Crippen molar-refractivity contribution >= 4 is 10.8 Å². The van der Waals surface area contributed by atoms with Crippen molar-refractivity contribution in [2.24, 2.45) is 7.05 Å². The summed E-state index contributed by atoms with van der Waals surface area (Å²) in [4.78, 5) is 0. The van der Waals surface area contributed by atoms with Crippen LogP contribution in [0.25, 0.3) is 33.2 Å². The fourth-order valence-electron chi connectivity index (χ4n) is 5.45. The number of hydrogen-bond acceptors (Lipinski definition) is 0. The zero-order valence-corrected chi connectivity index (χ0v) is 19.2. The standard InChI is InChI=1S/C30H32N/c1-20-18-25(23-10-6-5-7-11-23)14-16-27(20)30-28-17-15-26(24-12-8-9-13-24)19-29(28)21(2)22(3)31(30)4/h5-7,10-11,14-19,24H,8-9,12-13H2,1-4H3/q+1. The summed E-state index contributed by atoms with van der Waals surface area (Å²) >= 11 is 0. The molecule has 1 aromatic heterocycles. The number of pyridine rings is 1. The Labute approximate surface area is 186 Å². The van der Waals surface area contributed by atoms with Crippen LogP contribution in [-0.2, 0) is 7.05 Å².